The van der Waals surface area contributed by atoms with E-state index in [9.17, 15) is 14.4 Å². The van der Waals surface area contributed by atoms with Gasteiger partial charge in [0, 0.05) is 64.1 Å². The highest BCUT2D eigenvalue weighted by Crippen LogP contribution is 2.21. The van der Waals surface area contributed by atoms with E-state index in [4.69, 9.17) is 30.1 Å². The van der Waals surface area contributed by atoms with Crippen LogP contribution in [0.1, 0.15) is 36.9 Å². The van der Waals surface area contributed by atoms with E-state index in [1.54, 1.807) is 7.11 Å². The lowest BCUT2D eigenvalue weighted by atomic mass is 9.96. The minimum Gasteiger partial charge on any atom is -0.496 e. The number of hydrogen-bond donors (Lipinski definition) is 4. The van der Waals surface area contributed by atoms with Crippen molar-refractivity contribution in [2.45, 2.75) is 44.4 Å². The predicted molar refractivity (Wildman–Crippen MR) is 144 cm³/mol. The fourth-order valence-electron chi connectivity index (χ4n) is 4.67. The summed E-state index contributed by atoms with van der Waals surface area (Å²) < 4.78 is 5.49. The molecule has 0 unspecified atom stereocenters. The molecule has 2 aliphatic heterocycles. The maximum Gasteiger partial charge on any atom is 0.336 e. The highest BCUT2D eigenvalue weighted by molar-refractivity contribution is 5.88. The number of anilines is 1. The summed E-state index contributed by atoms with van der Waals surface area (Å²) in [5.41, 5.74) is -0.345. The van der Waals surface area contributed by atoms with Crippen molar-refractivity contribution in [1.82, 2.24) is 19.8 Å². The number of carboxylic acid groups (broad SMARTS) is 3. The molecule has 2 aliphatic rings. The number of methoxy groups -OCH3 is 1. The first-order chi connectivity index (χ1) is 19.1. The zero-order valence-electron chi connectivity index (χ0n) is 22.6. The van der Waals surface area contributed by atoms with Crippen LogP contribution in [0.3, 0.4) is 0 Å². The maximum absolute atomic E-state index is 10.3. The number of nitrogens with zero attached hydrogens (tertiary/aromatic N) is 5. The lowest BCUT2D eigenvalue weighted by Crippen LogP contribution is -2.45. The quantitative estimate of drug-likeness (QED) is 0.309. The average Bonchev–Trinajstić information content (AvgIpc) is 3.45. The molecule has 2 fully saturated rings. The number of aliphatic hydroxyl groups is 1. The van der Waals surface area contributed by atoms with Gasteiger partial charge in [0.15, 0.2) is 5.60 Å². The molecule has 0 radical (unpaired) electrons. The molecule has 40 heavy (non-hydrogen) atoms. The van der Waals surface area contributed by atoms with E-state index >= 15 is 0 Å². The van der Waals surface area contributed by atoms with Gasteiger partial charge in [-0.1, -0.05) is 18.2 Å². The number of aromatic nitrogens is 2. The first-order valence-electron chi connectivity index (χ1n) is 13.1. The van der Waals surface area contributed by atoms with E-state index in [2.05, 4.69) is 37.9 Å². The van der Waals surface area contributed by atoms with Crippen LogP contribution < -0.4 is 9.64 Å². The average molecular weight is 560 g/mol. The number of rotatable bonds is 11. The zero-order chi connectivity index (χ0) is 29.1. The largest absolute Gasteiger partial charge is 0.496 e. The summed E-state index contributed by atoms with van der Waals surface area (Å²) in [5, 5.41) is 33.8. The fourth-order valence-corrected chi connectivity index (χ4v) is 4.67. The van der Waals surface area contributed by atoms with Gasteiger partial charge in [0.2, 0.25) is 5.95 Å². The molecule has 0 saturated carbocycles. The molecule has 1 aromatic carbocycles. The second-order valence-corrected chi connectivity index (χ2v) is 9.88. The highest BCUT2D eigenvalue weighted by atomic mass is 16.5. The number of benzene rings is 1. The Kier molecular flexibility index (Phi) is 11.2. The van der Waals surface area contributed by atoms with E-state index in [0.717, 1.165) is 69.7 Å². The van der Waals surface area contributed by atoms with Crippen LogP contribution in [0.4, 0.5) is 5.95 Å². The topological polar surface area (TPSA) is 177 Å². The molecule has 13 nitrogen and oxygen atoms in total. The SMILES string of the molecule is COc1ccccc1CN1CCN(Cc2ccnc(N3CCCC3)n2)CC1.O=C(O)CC(O)(CC(=O)O)C(=O)O. The fraction of sp³-hybridized carbons (Fsp3) is 0.519. The molecule has 2 saturated heterocycles. The Morgan fingerprint density at radius 3 is 2.00 bits per heavy atom. The van der Waals surface area contributed by atoms with E-state index < -0.39 is 36.4 Å². The molecule has 4 rings (SSSR count). The Hall–Kier alpha value is -3.81. The van der Waals surface area contributed by atoms with Gasteiger partial charge in [0.1, 0.15) is 5.75 Å². The predicted octanol–water partition coefficient (Wildman–Crippen LogP) is 1.15. The molecular formula is C27H37N5O8. The molecule has 4 N–H and O–H groups in total. The summed E-state index contributed by atoms with van der Waals surface area (Å²) in [4.78, 5) is 47.1. The van der Waals surface area contributed by atoms with Crippen LogP contribution in [0, 0.1) is 0 Å². The van der Waals surface area contributed by atoms with Crippen LogP contribution in [-0.4, -0.2) is 110 Å². The van der Waals surface area contributed by atoms with Gasteiger partial charge in [-0.15, -0.1) is 0 Å². The van der Waals surface area contributed by atoms with Crippen LogP contribution in [-0.2, 0) is 27.5 Å². The number of para-hydroxylation sites is 1. The minimum atomic E-state index is -2.74. The van der Waals surface area contributed by atoms with E-state index in [1.807, 2.05) is 18.3 Å². The Labute approximate surface area is 232 Å². The van der Waals surface area contributed by atoms with Gasteiger partial charge in [-0.05, 0) is 25.0 Å². The Morgan fingerprint density at radius 1 is 0.875 bits per heavy atom. The third-order valence-electron chi connectivity index (χ3n) is 6.81. The zero-order valence-corrected chi connectivity index (χ0v) is 22.6. The molecule has 218 valence electrons. The van der Waals surface area contributed by atoms with Gasteiger partial charge in [-0.2, -0.15) is 0 Å². The van der Waals surface area contributed by atoms with Crippen molar-refractivity contribution in [3.05, 3.63) is 47.8 Å². The van der Waals surface area contributed by atoms with Crippen LogP contribution in [0.15, 0.2) is 36.5 Å². The molecule has 13 heteroatoms. The van der Waals surface area contributed by atoms with Crippen molar-refractivity contribution < 1.29 is 39.5 Å². The van der Waals surface area contributed by atoms with E-state index in [0.29, 0.717) is 0 Å². The number of carboxylic acids is 3. The van der Waals surface area contributed by atoms with Gasteiger partial charge >= 0.3 is 17.9 Å². The third-order valence-corrected chi connectivity index (χ3v) is 6.81. The summed E-state index contributed by atoms with van der Waals surface area (Å²) >= 11 is 0. The molecule has 3 heterocycles. The summed E-state index contributed by atoms with van der Waals surface area (Å²) in [5.74, 6) is -3.13. The molecule has 0 atom stereocenters. The molecule has 0 spiro atoms. The first kappa shape index (κ1) is 30.7. The second-order valence-electron chi connectivity index (χ2n) is 9.88. The van der Waals surface area contributed by atoms with Gasteiger partial charge in [-0.3, -0.25) is 19.4 Å². The molecule has 0 bridgehead atoms. The van der Waals surface area contributed by atoms with Gasteiger partial charge < -0.3 is 30.1 Å². The van der Waals surface area contributed by atoms with E-state index in [-0.39, 0.29) is 0 Å². The van der Waals surface area contributed by atoms with Crippen molar-refractivity contribution in [2.75, 3.05) is 51.3 Å². The van der Waals surface area contributed by atoms with Crippen molar-refractivity contribution in [2.24, 2.45) is 0 Å². The van der Waals surface area contributed by atoms with Crippen molar-refractivity contribution in [3.63, 3.8) is 0 Å². The van der Waals surface area contributed by atoms with Crippen molar-refractivity contribution >= 4 is 23.9 Å². The number of ether oxygens (including phenoxy) is 1. The first-order valence-corrected chi connectivity index (χ1v) is 13.1. The number of piperazine rings is 1. The smallest absolute Gasteiger partial charge is 0.336 e. The molecule has 0 aliphatic carbocycles. The number of hydrogen-bond acceptors (Lipinski definition) is 10. The summed E-state index contributed by atoms with van der Waals surface area (Å²) in [6.07, 6.45) is 2.13. The molecule has 0 amide bonds. The number of aliphatic carboxylic acids is 3. The van der Waals surface area contributed by atoms with Crippen molar-refractivity contribution in [1.29, 1.82) is 0 Å². The Balaban J connectivity index is 0.000000289. The van der Waals surface area contributed by atoms with Crippen LogP contribution >= 0.6 is 0 Å². The molecule has 2 aromatic rings. The summed E-state index contributed by atoms with van der Waals surface area (Å²) in [6.45, 7) is 8.31. The van der Waals surface area contributed by atoms with Crippen LogP contribution in [0.5, 0.6) is 5.75 Å². The van der Waals surface area contributed by atoms with Crippen molar-refractivity contribution in [3.8, 4) is 5.75 Å². The number of carbonyl (C=O) groups is 3. The minimum absolute atomic E-state index is 0.903. The highest BCUT2D eigenvalue weighted by Gasteiger charge is 2.40. The lowest BCUT2D eigenvalue weighted by molar-refractivity contribution is -0.170. The summed E-state index contributed by atoms with van der Waals surface area (Å²) in [7, 11) is 1.74. The van der Waals surface area contributed by atoms with Crippen LogP contribution in [0.25, 0.3) is 0 Å². The van der Waals surface area contributed by atoms with Crippen LogP contribution in [0.2, 0.25) is 0 Å². The normalized spacial score (nSPS) is 16.2. The van der Waals surface area contributed by atoms with Gasteiger partial charge in [-0.25, -0.2) is 14.8 Å². The summed E-state index contributed by atoms with van der Waals surface area (Å²) in [6, 6.07) is 10.4. The standard InChI is InChI=1S/C21H29N5O.C6H8O7/c1-27-20-7-3-2-6-18(20)16-24-12-14-25(15-13-24)17-19-8-9-22-21(23-19)26-10-4-5-11-26;7-3(8)1-6(13,5(11)12)2-4(9)10/h2-3,6-9H,4-5,10-17H2,1H3;13H,1-2H2,(H,7,8)(H,9,10)(H,11,12). The molecular weight excluding hydrogens is 522 g/mol. The second kappa shape index (κ2) is 14.5. The van der Waals surface area contributed by atoms with Gasteiger partial charge in [0.05, 0.1) is 25.6 Å². The Bertz CT molecular complexity index is 1130. The maximum atomic E-state index is 10.3. The molecule has 1 aromatic heterocycles. The Morgan fingerprint density at radius 2 is 1.45 bits per heavy atom. The van der Waals surface area contributed by atoms with Gasteiger partial charge in [0.25, 0.3) is 0 Å². The van der Waals surface area contributed by atoms with E-state index in [1.165, 1.54) is 18.4 Å². The monoisotopic (exact) mass is 559 g/mol. The lowest BCUT2D eigenvalue weighted by Gasteiger charge is -2.34. The third kappa shape index (κ3) is 9.14.